The van der Waals surface area contributed by atoms with Crippen LogP contribution < -0.4 is 5.32 Å². The van der Waals surface area contributed by atoms with Crippen molar-refractivity contribution in [2.45, 2.75) is 0 Å². The van der Waals surface area contributed by atoms with E-state index in [1.165, 1.54) is 17.1 Å². The molecule has 15 heavy (non-hydrogen) atoms. The molecular weight excluding hydrogens is 198 g/mol. The molecule has 0 fully saturated rings. The van der Waals surface area contributed by atoms with Crippen LogP contribution in [0.3, 0.4) is 0 Å². The van der Waals surface area contributed by atoms with E-state index in [-0.39, 0.29) is 5.69 Å². The van der Waals surface area contributed by atoms with Gasteiger partial charge in [-0.25, -0.2) is 4.68 Å². The SMILES string of the molecule is O=[N+]([O-])c1cnn(C2=CNCCN=C2)c1. The monoisotopic (exact) mass is 207 g/mol. The van der Waals surface area contributed by atoms with Crippen LogP contribution in [0, 0.1) is 10.1 Å². The van der Waals surface area contributed by atoms with Gasteiger partial charge in [0.2, 0.25) is 0 Å². The van der Waals surface area contributed by atoms with Crippen molar-refractivity contribution in [3.05, 3.63) is 28.7 Å². The lowest BCUT2D eigenvalue weighted by Gasteiger charge is -1.98. The van der Waals surface area contributed by atoms with Crippen LogP contribution in [0.5, 0.6) is 0 Å². The third-order valence-corrected chi connectivity index (χ3v) is 1.90. The fourth-order valence-electron chi connectivity index (χ4n) is 1.18. The number of hydrogen-bond donors (Lipinski definition) is 1. The van der Waals surface area contributed by atoms with Gasteiger partial charge in [0.15, 0.2) is 0 Å². The molecule has 0 unspecified atom stereocenters. The molecule has 7 heteroatoms. The average molecular weight is 207 g/mol. The lowest BCUT2D eigenvalue weighted by atomic mass is 10.5. The highest BCUT2D eigenvalue weighted by Gasteiger charge is 2.10. The van der Waals surface area contributed by atoms with Crippen LogP contribution >= 0.6 is 0 Å². The Kier molecular flexibility index (Phi) is 2.44. The van der Waals surface area contributed by atoms with Crippen LogP contribution in [0.4, 0.5) is 5.69 Å². The van der Waals surface area contributed by atoms with E-state index >= 15 is 0 Å². The largest absolute Gasteiger partial charge is 0.387 e. The molecule has 0 spiro atoms. The number of nitro groups is 1. The Morgan fingerprint density at radius 1 is 1.60 bits per heavy atom. The fourth-order valence-corrected chi connectivity index (χ4v) is 1.18. The minimum Gasteiger partial charge on any atom is -0.387 e. The van der Waals surface area contributed by atoms with Crippen molar-refractivity contribution in [1.29, 1.82) is 0 Å². The normalized spacial score (nSPS) is 15.3. The van der Waals surface area contributed by atoms with E-state index in [0.717, 1.165) is 6.54 Å². The maximum Gasteiger partial charge on any atom is 0.307 e. The van der Waals surface area contributed by atoms with Crippen molar-refractivity contribution >= 4 is 17.6 Å². The minimum absolute atomic E-state index is 0.0338. The van der Waals surface area contributed by atoms with Gasteiger partial charge in [0.05, 0.1) is 17.2 Å². The van der Waals surface area contributed by atoms with Gasteiger partial charge in [-0.15, -0.1) is 0 Å². The summed E-state index contributed by atoms with van der Waals surface area (Å²) < 4.78 is 1.42. The van der Waals surface area contributed by atoms with Crippen molar-refractivity contribution in [3.8, 4) is 0 Å². The Morgan fingerprint density at radius 3 is 3.20 bits per heavy atom. The summed E-state index contributed by atoms with van der Waals surface area (Å²) in [6.07, 6.45) is 5.92. The summed E-state index contributed by atoms with van der Waals surface area (Å²) >= 11 is 0. The van der Waals surface area contributed by atoms with Crippen molar-refractivity contribution in [3.63, 3.8) is 0 Å². The van der Waals surface area contributed by atoms with E-state index in [4.69, 9.17) is 0 Å². The predicted octanol–water partition coefficient (Wildman–Crippen LogP) is 0.264. The van der Waals surface area contributed by atoms with Crippen LogP contribution in [-0.2, 0) is 0 Å². The number of hydrogen-bond acceptors (Lipinski definition) is 5. The number of aliphatic imine (C=N–C) groups is 1. The summed E-state index contributed by atoms with van der Waals surface area (Å²) in [4.78, 5) is 14.1. The van der Waals surface area contributed by atoms with E-state index in [1.807, 2.05) is 0 Å². The average Bonchev–Trinajstić information content (AvgIpc) is 2.55. The minimum atomic E-state index is -0.481. The van der Waals surface area contributed by atoms with Crippen LogP contribution in [0.15, 0.2) is 23.6 Å². The number of rotatable bonds is 2. The number of nitrogens with zero attached hydrogens (tertiary/aromatic N) is 4. The zero-order valence-corrected chi connectivity index (χ0v) is 7.83. The second-order valence-corrected chi connectivity index (χ2v) is 2.96. The van der Waals surface area contributed by atoms with E-state index in [1.54, 1.807) is 12.4 Å². The van der Waals surface area contributed by atoms with Gasteiger partial charge in [0.25, 0.3) is 0 Å². The zero-order valence-electron chi connectivity index (χ0n) is 7.83. The van der Waals surface area contributed by atoms with Gasteiger partial charge in [-0.2, -0.15) is 5.10 Å². The van der Waals surface area contributed by atoms with Gasteiger partial charge >= 0.3 is 5.69 Å². The number of nitrogens with one attached hydrogen (secondary N) is 1. The molecule has 2 heterocycles. The van der Waals surface area contributed by atoms with Gasteiger partial charge in [-0.3, -0.25) is 15.1 Å². The first kappa shape index (κ1) is 9.38. The Bertz CT molecular complexity index is 434. The third kappa shape index (κ3) is 2.01. The van der Waals surface area contributed by atoms with Crippen LogP contribution in [-0.4, -0.2) is 34.0 Å². The molecule has 0 radical (unpaired) electrons. The van der Waals surface area contributed by atoms with Gasteiger partial charge in [-0.1, -0.05) is 0 Å². The second-order valence-electron chi connectivity index (χ2n) is 2.96. The molecule has 0 aliphatic carbocycles. The highest BCUT2D eigenvalue weighted by atomic mass is 16.6. The summed E-state index contributed by atoms with van der Waals surface area (Å²) in [5, 5.41) is 17.3. The molecule has 1 aliphatic heterocycles. The highest BCUT2D eigenvalue weighted by molar-refractivity contribution is 6.02. The Balaban J connectivity index is 2.28. The Morgan fingerprint density at radius 2 is 2.47 bits per heavy atom. The van der Waals surface area contributed by atoms with Crippen LogP contribution in [0.1, 0.15) is 0 Å². The molecule has 0 saturated heterocycles. The van der Waals surface area contributed by atoms with E-state index in [0.29, 0.717) is 12.2 Å². The maximum atomic E-state index is 10.4. The lowest BCUT2D eigenvalue weighted by molar-refractivity contribution is -0.384. The van der Waals surface area contributed by atoms with Crippen LogP contribution in [0.2, 0.25) is 0 Å². The molecule has 7 nitrogen and oxygen atoms in total. The predicted molar refractivity (Wildman–Crippen MR) is 54.5 cm³/mol. The van der Waals surface area contributed by atoms with Gasteiger partial charge in [-0.05, 0) is 0 Å². The second kappa shape index (κ2) is 3.91. The molecule has 1 N–H and O–H groups in total. The summed E-state index contributed by atoms with van der Waals surface area (Å²) in [5.41, 5.74) is 0.647. The van der Waals surface area contributed by atoms with Gasteiger partial charge in [0, 0.05) is 19.0 Å². The zero-order chi connectivity index (χ0) is 10.7. The van der Waals surface area contributed by atoms with Gasteiger partial charge in [0.1, 0.15) is 12.4 Å². The van der Waals surface area contributed by atoms with Crippen molar-refractivity contribution < 1.29 is 4.92 Å². The summed E-state index contributed by atoms with van der Waals surface area (Å²) in [5.74, 6) is 0. The Hall–Kier alpha value is -2.18. The number of aromatic nitrogens is 2. The molecule has 0 amide bonds. The molecule has 0 aromatic carbocycles. The third-order valence-electron chi connectivity index (χ3n) is 1.90. The molecule has 0 atom stereocenters. The quantitative estimate of drug-likeness (QED) is 0.557. The molecule has 1 aliphatic rings. The number of allylic oxidation sites excluding steroid dienone is 1. The van der Waals surface area contributed by atoms with E-state index in [9.17, 15) is 10.1 Å². The van der Waals surface area contributed by atoms with Crippen molar-refractivity contribution in [2.75, 3.05) is 13.1 Å². The molecule has 2 rings (SSSR count). The van der Waals surface area contributed by atoms with Crippen molar-refractivity contribution in [2.24, 2.45) is 4.99 Å². The Labute approximate surface area is 85.3 Å². The smallest absolute Gasteiger partial charge is 0.307 e. The first-order valence-electron chi connectivity index (χ1n) is 4.40. The first-order chi connectivity index (χ1) is 7.27. The summed E-state index contributed by atoms with van der Waals surface area (Å²) in [6.45, 7) is 1.44. The maximum absolute atomic E-state index is 10.4. The van der Waals surface area contributed by atoms with Crippen molar-refractivity contribution in [1.82, 2.24) is 15.1 Å². The first-order valence-corrected chi connectivity index (χ1v) is 4.40. The molecular formula is C8H9N5O2. The topological polar surface area (TPSA) is 85.3 Å². The standard InChI is InChI=1S/C8H9N5O2/c14-13(15)8-5-11-12(6-8)7-3-9-1-2-10-4-7/h3-6,9H,1-2H2. The lowest BCUT2D eigenvalue weighted by Crippen LogP contribution is -2.09. The summed E-state index contributed by atoms with van der Waals surface area (Å²) in [6, 6.07) is 0. The molecule has 0 saturated carbocycles. The molecule has 1 aromatic heterocycles. The van der Waals surface area contributed by atoms with Crippen LogP contribution in [0.25, 0.3) is 5.70 Å². The van der Waals surface area contributed by atoms with E-state index in [2.05, 4.69) is 15.4 Å². The molecule has 78 valence electrons. The van der Waals surface area contributed by atoms with E-state index < -0.39 is 4.92 Å². The summed E-state index contributed by atoms with van der Waals surface area (Å²) in [7, 11) is 0. The molecule has 1 aromatic rings. The molecule has 0 bridgehead atoms. The van der Waals surface area contributed by atoms with Gasteiger partial charge < -0.3 is 5.32 Å². The fraction of sp³-hybridized carbons (Fsp3) is 0.250. The highest BCUT2D eigenvalue weighted by Crippen LogP contribution is 2.11.